The molecule has 1 atom stereocenters. The zero-order valence-corrected chi connectivity index (χ0v) is 14.6. The van der Waals surface area contributed by atoms with E-state index in [1.165, 1.54) is 30.6 Å². The minimum atomic E-state index is -0.585. The Hall–Kier alpha value is -2.41. The highest BCUT2D eigenvalue weighted by molar-refractivity contribution is 7.12. The molecule has 0 saturated carbocycles. The van der Waals surface area contributed by atoms with Gasteiger partial charge in [-0.3, -0.25) is 4.79 Å². The van der Waals surface area contributed by atoms with Gasteiger partial charge in [0.15, 0.2) is 11.6 Å². The summed E-state index contributed by atoms with van der Waals surface area (Å²) in [5.41, 5.74) is 0.529. The van der Waals surface area contributed by atoms with Crippen LogP contribution in [0.4, 0.5) is 4.39 Å². The fourth-order valence-corrected chi connectivity index (χ4v) is 3.53. The topological polar surface area (TPSA) is 55.8 Å². The summed E-state index contributed by atoms with van der Waals surface area (Å²) in [7, 11) is 1.39. The van der Waals surface area contributed by atoms with Crippen molar-refractivity contribution in [1.29, 1.82) is 0 Å². The molecule has 1 fully saturated rings. The summed E-state index contributed by atoms with van der Waals surface area (Å²) in [6.07, 6.45) is 1.33. The molecular weight excluding hydrogens is 345 g/mol. The average molecular weight is 363 g/mol. The molecule has 5 nitrogen and oxygen atoms in total. The predicted molar refractivity (Wildman–Crippen MR) is 91.1 cm³/mol. The maximum absolute atomic E-state index is 13.7. The van der Waals surface area contributed by atoms with Crippen molar-refractivity contribution in [1.82, 2.24) is 4.90 Å². The molecule has 1 aliphatic heterocycles. The number of esters is 1. The van der Waals surface area contributed by atoms with E-state index in [0.29, 0.717) is 23.4 Å². The van der Waals surface area contributed by atoms with Gasteiger partial charge in [-0.25, -0.2) is 9.18 Å². The van der Waals surface area contributed by atoms with Crippen LogP contribution in [0.1, 0.15) is 28.1 Å². The molecular formula is C18H18FNO4S. The molecule has 0 aliphatic carbocycles. The zero-order chi connectivity index (χ0) is 17.8. The minimum Gasteiger partial charge on any atom is -0.494 e. The third kappa shape index (κ3) is 3.82. The number of carbonyl (C=O) groups excluding carboxylic acids is 2. The van der Waals surface area contributed by atoms with Crippen LogP contribution in [-0.2, 0) is 16.1 Å². The van der Waals surface area contributed by atoms with Gasteiger partial charge in [0.2, 0.25) is 0 Å². The standard InChI is InChI=1S/C18H18FNO4S/c1-23-15-7-6-12(10-13(15)19)11-24-18(22)14-4-2-8-20(14)17(21)16-5-3-9-25-16/h3,5-7,9-10,14H,2,4,8,11H2,1H3. The minimum absolute atomic E-state index is 0.0444. The van der Waals surface area contributed by atoms with E-state index in [2.05, 4.69) is 0 Å². The second-order valence-electron chi connectivity index (χ2n) is 5.71. The van der Waals surface area contributed by atoms with E-state index < -0.39 is 17.8 Å². The number of rotatable bonds is 5. The number of methoxy groups -OCH3 is 1. The largest absolute Gasteiger partial charge is 0.494 e. The molecule has 2 heterocycles. The molecule has 3 rings (SSSR count). The first-order valence-corrected chi connectivity index (χ1v) is 8.81. The lowest BCUT2D eigenvalue weighted by atomic mass is 10.2. The smallest absolute Gasteiger partial charge is 0.329 e. The summed E-state index contributed by atoms with van der Waals surface area (Å²) in [5, 5.41) is 1.83. The van der Waals surface area contributed by atoms with Crippen LogP contribution in [0.3, 0.4) is 0 Å². The quantitative estimate of drug-likeness (QED) is 0.766. The first kappa shape index (κ1) is 17.4. The Labute approximate surface area is 149 Å². The number of thiophene rings is 1. The maximum Gasteiger partial charge on any atom is 0.329 e. The van der Waals surface area contributed by atoms with Crippen LogP contribution in [-0.4, -0.2) is 36.5 Å². The summed E-state index contributed by atoms with van der Waals surface area (Å²) >= 11 is 1.35. The second kappa shape index (κ2) is 7.65. The van der Waals surface area contributed by atoms with Gasteiger partial charge in [0, 0.05) is 6.54 Å². The van der Waals surface area contributed by atoms with Crippen LogP contribution in [0.15, 0.2) is 35.7 Å². The van der Waals surface area contributed by atoms with E-state index in [-0.39, 0.29) is 18.3 Å². The number of carbonyl (C=O) groups is 2. The number of hydrogen-bond acceptors (Lipinski definition) is 5. The molecule has 0 N–H and O–H groups in total. The van der Waals surface area contributed by atoms with Gasteiger partial charge in [-0.1, -0.05) is 12.1 Å². The third-order valence-electron chi connectivity index (χ3n) is 4.11. The Kier molecular flexibility index (Phi) is 5.33. The first-order chi connectivity index (χ1) is 12.1. The molecule has 1 amide bonds. The van der Waals surface area contributed by atoms with Crippen molar-refractivity contribution in [3.63, 3.8) is 0 Å². The summed E-state index contributed by atoms with van der Waals surface area (Å²) in [6.45, 7) is 0.491. The van der Waals surface area contributed by atoms with Crippen LogP contribution >= 0.6 is 11.3 Å². The lowest BCUT2D eigenvalue weighted by Crippen LogP contribution is -2.41. The highest BCUT2D eigenvalue weighted by atomic mass is 32.1. The van der Waals surface area contributed by atoms with Crippen molar-refractivity contribution >= 4 is 23.2 Å². The van der Waals surface area contributed by atoms with Crippen molar-refractivity contribution < 1.29 is 23.5 Å². The van der Waals surface area contributed by atoms with E-state index in [9.17, 15) is 14.0 Å². The summed E-state index contributed by atoms with van der Waals surface area (Å²) in [6, 6.07) is 7.36. The van der Waals surface area contributed by atoms with E-state index in [0.717, 1.165) is 6.42 Å². The Bertz CT molecular complexity index is 762. The molecule has 25 heavy (non-hydrogen) atoms. The molecule has 1 aliphatic rings. The molecule has 132 valence electrons. The fourth-order valence-electron chi connectivity index (χ4n) is 2.85. The van der Waals surface area contributed by atoms with E-state index in [1.54, 1.807) is 23.1 Å². The van der Waals surface area contributed by atoms with Crippen LogP contribution in [0.2, 0.25) is 0 Å². The van der Waals surface area contributed by atoms with Crippen molar-refractivity contribution in [3.05, 3.63) is 52.0 Å². The molecule has 0 radical (unpaired) electrons. The maximum atomic E-state index is 13.7. The number of benzene rings is 1. The molecule has 0 bridgehead atoms. The lowest BCUT2D eigenvalue weighted by molar-refractivity contribution is -0.149. The van der Waals surface area contributed by atoms with Gasteiger partial charge < -0.3 is 14.4 Å². The molecule has 7 heteroatoms. The van der Waals surface area contributed by atoms with Crippen LogP contribution in [0.5, 0.6) is 5.75 Å². The Balaban J connectivity index is 1.62. The third-order valence-corrected chi connectivity index (χ3v) is 4.97. The molecule has 1 unspecified atom stereocenters. The zero-order valence-electron chi connectivity index (χ0n) is 13.7. The van der Waals surface area contributed by atoms with Crippen molar-refractivity contribution in [2.24, 2.45) is 0 Å². The number of halogens is 1. The summed E-state index contributed by atoms with van der Waals surface area (Å²) in [4.78, 5) is 27.0. The van der Waals surface area contributed by atoms with Gasteiger partial charge in [0.1, 0.15) is 12.6 Å². The number of amides is 1. The van der Waals surface area contributed by atoms with E-state index >= 15 is 0 Å². The van der Waals surface area contributed by atoms with Crippen LogP contribution < -0.4 is 4.74 Å². The number of likely N-dealkylation sites (tertiary alicyclic amines) is 1. The van der Waals surface area contributed by atoms with Crippen molar-refractivity contribution in [3.8, 4) is 5.75 Å². The SMILES string of the molecule is COc1ccc(COC(=O)C2CCCN2C(=O)c2cccs2)cc1F. The van der Waals surface area contributed by atoms with Gasteiger partial charge in [0.05, 0.1) is 12.0 Å². The first-order valence-electron chi connectivity index (χ1n) is 7.93. The number of ether oxygens (including phenoxy) is 2. The molecule has 2 aromatic rings. The highest BCUT2D eigenvalue weighted by Gasteiger charge is 2.36. The van der Waals surface area contributed by atoms with Crippen molar-refractivity contribution in [2.45, 2.75) is 25.5 Å². The monoisotopic (exact) mass is 363 g/mol. The van der Waals surface area contributed by atoms with Crippen LogP contribution in [0, 0.1) is 5.82 Å². The molecule has 0 spiro atoms. The summed E-state index contributed by atoms with van der Waals surface area (Å²) < 4.78 is 23.8. The van der Waals surface area contributed by atoms with Gasteiger partial charge in [-0.05, 0) is 42.0 Å². The van der Waals surface area contributed by atoms with Gasteiger partial charge in [-0.2, -0.15) is 0 Å². The highest BCUT2D eigenvalue weighted by Crippen LogP contribution is 2.24. The molecule has 1 saturated heterocycles. The predicted octanol–water partition coefficient (Wildman–Crippen LogP) is 3.24. The Morgan fingerprint density at radius 3 is 2.88 bits per heavy atom. The lowest BCUT2D eigenvalue weighted by Gasteiger charge is -2.22. The van der Waals surface area contributed by atoms with E-state index in [4.69, 9.17) is 9.47 Å². The number of nitrogens with zero attached hydrogens (tertiary/aromatic N) is 1. The van der Waals surface area contributed by atoms with Gasteiger partial charge in [0.25, 0.3) is 5.91 Å². The van der Waals surface area contributed by atoms with Gasteiger partial charge >= 0.3 is 5.97 Å². The normalized spacial score (nSPS) is 16.7. The average Bonchev–Trinajstić information content (AvgIpc) is 3.30. The number of hydrogen-bond donors (Lipinski definition) is 0. The van der Waals surface area contributed by atoms with Crippen molar-refractivity contribution in [2.75, 3.05) is 13.7 Å². The fraction of sp³-hybridized carbons (Fsp3) is 0.333. The summed E-state index contributed by atoms with van der Waals surface area (Å²) in [5.74, 6) is -0.978. The molecule has 1 aromatic carbocycles. The van der Waals surface area contributed by atoms with E-state index in [1.807, 2.05) is 5.38 Å². The molecule has 1 aromatic heterocycles. The second-order valence-corrected chi connectivity index (χ2v) is 6.66. The Morgan fingerprint density at radius 2 is 2.20 bits per heavy atom. The van der Waals surface area contributed by atoms with Gasteiger partial charge in [-0.15, -0.1) is 11.3 Å². The Morgan fingerprint density at radius 1 is 1.36 bits per heavy atom. The van der Waals surface area contributed by atoms with Crippen LogP contribution in [0.25, 0.3) is 0 Å².